The predicted molar refractivity (Wildman–Crippen MR) is 150 cm³/mol. The van der Waals surface area contributed by atoms with Gasteiger partial charge >= 0.3 is 6.03 Å². The molecule has 6 amide bonds. The third kappa shape index (κ3) is 5.19. The summed E-state index contributed by atoms with van der Waals surface area (Å²) in [6.07, 6.45) is 1.67. The van der Waals surface area contributed by atoms with E-state index in [4.69, 9.17) is 14.2 Å². The van der Waals surface area contributed by atoms with Gasteiger partial charge in [-0.3, -0.25) is 34.3 Å². The van der Waals surface area contributed by atoms with Crippen molar-refractivity contribution >= 4 is 35.7 Å². The molecule has 2 aliphatic heterocycles. The van der Waals surface area contributed by atoms with Gasteiger partial charge in [0.1, 0.15) is 11.3 Å². The number of barbiturate groups is 1. The molecule has 0 unspecified atom stereocenters. The molecular weight excluding hydrogens is 542 g/mol. The first kappa shape index (κ1) is 28.1. The Morgan fingerprint density at radius 3 is 2.00 bits per heavy atom. The third-order valence-corrected chi connectivity index (χ3v) is 7.08. The molecule has 0 aromatic heterocycles. The zero-order valence-corrected chi connectivity index (χ0v) is 23.1. The van der Waals surface area contributed by atoms with Gasteiger partial charge in [-0.25, -0.2) is 4.79 Å². The number of benzene rings is 3. The van der Waals surface area contributed by atoms with Crippen LogP contribution in [0.2, 0.25) is 0 Å². The van der Waals surface area contributed by atoms with Crippen molar-refractivity contribution in [2.24, 2.45) is 0 Å². The molecule has 3 aromatic rings. The van der Waals surface area contributed by atoms with Gasteiger partial charge in [-0.15, -0.1) is 0 Å². The highest BCUT2D eigenvalue weighted by Crippen LogP contribution is 2.30. The van der Waals surface area contributed by atoms with Crippen molar-refractivity contribution < 1.29 is 38.2 Å². The van der Waals surface area contributed by atoms with E-state index in [1.807, 2.05) is 0 Å². The number of nitrogens with zero attached hydrogens (tertiary/aromatic N) is 2. The highest BCUT2D eigenvalue weighted by Gasteiger charge is 2.37. The lowest BCUT2D eigenvalue weighted by atomic mass is 10.0. The molecule has 0 spiro atoms. The number of hydrogen-bond donors (Lipinski definition) is 1. The number of carbonyl (C=O) groups excluding carboxylic acids is 5. The first-order valence-electron chi connectivity index (χ1n) is 13.0. The molecular formula is C31H27N3O8. The van der Waals surface area contributed by atoms with Gasteiger partial charge < -0.3 is 14.2 Å². The molecule has 11 heteroatoms. The fourth-order valence-electron chi connectivity index (χ4n) is 4.91. The van der Waals surface area contributed by atoms with Crippen LogP contribution in [0.25, 0.3) is 6.08 Å². The van der Waals surface area contributed by atoms with Gasteiger partial charge in [0.05, 0.1) is 39.0 Å². The second-order valence-corrected chi connectivity index (χ2v) is 9.53. The molecule has 214 valence electrons. The lowest BCUT2D eigenvalue weighted by molar-refractivity contribution is -0.130. The standard InChI is InChI=1S/C31H27N3O8/c1-40-24-10-9-19(14-20(24)17-34-28(36)21-6-4-5-7-22(21)29(34)37)15-23-27(35)32-31(39)33(30(23)38)13-12-18-8-11-25(41-2)26(16-18)42-3/h4-11,14-16H,12-13,17H2,1-3H3,(H,32,35,39)/b23-15-. The molecule has 1 saturated heterocycles. The van der Waals surface area contributed by atoms with E-state index in [-0.39, 0.29) is 18.7 Å². The molecule has 11 nitrogen and oxygen atoms in total. The van der Waals surface area contributed by atoms with Crippen LogP contribution in [-0.4, -0.2) is 67.3 Å². The van der Waals surface area contributed by atoms with E-state index in [1.165, 1.54) is 27.4 Å². The van der Waals surface area contributed by atoms with Crippen LogP contribution in [0.5, 0.6) is 17.2 Å². The smallest absolute Gasteiger partial charge is 0.331 e. The maximum absolute atomic E-state index is 13.3. The summed E-state index contributed by atoms with van der Waals surface area (Å²) in [7, 11) is 4.49. The fourth-order valence-corrected chi connectivity index (χ4v) is 4.91. The summed E-state index contributed by atoms with van der Waals surface area (Å²) in [5.41, 5.74) is 2.13. The summed E-state index contributed by atoms with van der Waals surface area (Å²) in [5, 5.41) is 2.22. The van der Waals surface area contributed by atoms with Gasteiger partial charge in [0.2, 0.25) is 0 Å². The van der Waals surface area contributed by atoms with Crippen molar-refractivity contribution in [1.29, 1.82) is 0 Å². The average molecular weight is 570 g/mol. The number of urea groups is 1. The molecule has 5 rings (SSSR count). The SMILES string of the molecule is COc1ccc(/C=C2/C(=O)NC(=O)N(CCc3ccc(OC)c(OC)c3)C2=O)cc1CN1C(=O)c2ccccc2C1=O. The zero-order valence-electron chi connectivity index (χ0n) is 23.1. The Balaban J connectivity index is 1.37. The molecule has 1 fully saturated rings. The topological polar surface area (TPSA) is 132 Å². The average Bonchev–Trinajstić information content (AvgIpc) is 3.23. The number of rotatable bonds is 9. The molecule has 0 aliphatic carbocycles. The summed E-state index contributed by atoms with van der Waals surface area (Å²) in [4.78, 5) is 66.4. The number of imide groups is 3. The third-order valence-electron chi connectivity index (χ3n) is 7.08. The van der Waals surface area contributed by atoms with E-state index in [0.29, 0.717) is 45.9 Å². The van der Waals surface area contributed by atoms with Crippen LogP contribution in [-0.2, 0) is 22.6 Å². The van der Waals surface area contributed by atoms with Crippen LogP contribution in [0.4, 0.5) is 4.79 Å². The Bertz CT molecular complexity index is 1630. The molecule has 3 aromatic carbocycles. The van der Waals surface area contributed by atoms with Crippen molar-refractivity contribution in [1.82, 2.24) is 15.1 Å². The van der Waals surface area contributed by atoms with Crippen LogP contribution < -0.4 is 19.5 Å². The molecule has 0 bridgehead atoms. The number of nitrogens with one attached hydrogen (secondary N) is 1. The summed E-state index contributed by atoms with van der Waals surface area (Å²) in [6.45, 7) is -0.0685. The van der Waals surface area contributed by atoms with Crippen LogP contribution in [0.3, 0.4) is 0 Å². The van der Waals surface area contributed by atoms with E-state index in [1.54, 1.807) is 60.7 Å². The molecule has 2 heterocycles. The van der Waals surface area contributed by atoms with E-state index in [0.717, 1.165) is 15.4 Å². The Kier molecular flexibility index (Phi) is 7.74. The van der Waals surface area contributed by atoms with Crippen molar-refractivity contribution in [3.8, 4) is 17.2 Å². The Morgan fingerprint density at radius 2 is 1.36 bits per heavy atom. The van der Waals surface area contributed by atoms with Crippen LogP contribution >= 0.6 is 0 Å². The number of hydrogen-bond acceptors (Lipinski definition) is 8. The van der Waals surface area contributed by atoms with E-state index in [9.17, 15) is 24.0 Å². The van der Waals surface area contributed by atoms with Crippen molar-refractivity contribution in [2.45, 2.75) is 13.0 Å². The number of amides is 6. The van der Waals surface area contributed by atoms with Gasteiger partial charge in [0.25, 0.3) is 23.6 Å². The number of carbonyl (C=O) groups is 5. The Labute approximate surface area is 241 Å². The van der Waals surface area contributed by atoms with Gasteiger partial charge in [-0.2, -0.15) is 0 Å². The normalized spacial score (nSPS) is 15.7. The molecule has 0 radical (unpaired) electrons. The molecule has 0 saturated carbocycles. The second-order valence-electron chi connectivity index (χ2n) is 9.53. The van der Waals surface area contributed by atoms with Crippen molar-refractivity contribution in [2.75, 3.05) is 27.9 Å². The predicted octanol–water partition coefficient (Wildman–Crippen LogP) is 3.21. The van der Waals surface area contributed by atoms with Gasteiger partial charge in [-0.05, 0) is 60.0 Å². The summed E-state index contributed by atoms with van der Waals surface area (Å²) in [6, 6.07) is 15.9. The van der Waals surface area contributed by atoms with E-state index < -0.39 is 29.7 Å². The first-order chi connectivity index (χ1) is 20.2. The molecule has 1 N–H and O–H groups in total. The lowest BCUT2D eigenvalue weighted by Crippen LogP contribution is -2.54. The quantitative estimate of drug-likeness (QED) is 0.236. The minimum atomic E-state index is -0.829. The Hall–Kier alpha value is -5.45. The number of methoxy groups -OCH3 is 3. The maximum atomic E-state index is 13.3. The maximum Gasteiger partial charge on any atom is 0.331 e. The van der Waals surface area contributed by atoms with Crippen molar-refractivity contribution in [3.63, 3.8) is 0 Å². The van der Waals surface area contributed by atoms with Crippen LogP contribution in [0.1, 0.15) is 37.4 Å². The minimum absolute atomic E-state index is 0.0123. The monoisotopic (exact) mass is 569 g/mol. The van der Waals surface area contributed by atoms with Gasteiger partial charge in [-0.1, -0.05) is 24.3 Å². The van der Waals surface area contributed by atoms with Crippen LogP contribution in [0.15, 0.2) is 66.2 Å². The summed E-state index contributed by atoms with van der Waals surface area (Å²) in [5.74, 6) is -0.951. The van der Waals surface area contributed by atoms with Gasteiger partial charge in [0, 0.05) is 12.1 Å². The molecule has 42 heavy (non-hydrogen) atoms. The number of ether oxygens (including phenoxy) is 3. The fraction of sp³-hybridized carbons (Fsp3) is 0.194. The largest absolute Gasteiger partial charge is 0.496 e. The zero-order chi connectivity index (χ0) is 30.0. The minimum Gasteiger partial charge on any atom is -0.496 e. The lowest BCUT2D eigenvalue weighted by Gasteiger charge is -2.26. The van der Waals surface area contributed by atoms with Crippen LogP contribution in [0, 0.1) is 0 Å². The summed E-state index contributed by atoms with van der Waals surface area (Å²) < 4.78 is 16.0. The highest BCUT2D eigenvalue weighted by molar-refractivity contribution is 6.31. The summed E-state index contributed by atoms with van der Waals surface area (Å²) >= 11 is 0. The van der Waals surface area contributed by atoms with E-state index >= 15 is 0 Å². The Morgan fingerprint density at radius 1 is 0.714 bits per heavy atom. The molecule has 2 aliphatic rings. The van der Waals surface area contributed by atoms with Crippen molar-refractivity contribution in [3.05, 3.63) is 94.1 Å². The second kappa shape index (κ2) is 11.6. The number of fused-ring (bicyclic) bond motifs is 1. The first-order valence-corrected chi connectivity index (χ1v) is 13.0. The molecule has 0 atom stereocenters. The van der Waals surface area contributed by atoms with Gasteiger partial charge in [0.15, 0.2) is 11.5 Å². The highest BCUT2D eigenvalue weighted by atomic mass is 16.5. The van der Waals surface area contributed by atoms with E-state index in [2.05, 4.69) is 5.32 Å².